The first-order valence-electron chi connectivity index (χ1n) is 8.79. The van der Waals surface area contributed by atoms with Gasteiger partial charge in [0.05, 0.1) is 5.25 Å². The monoisotopic (exact) mass is 399 g/mol. The number of aryl methyl sites for hydroxylation is 1. The molecule has 1 aromatic heterocycles. The molecule has 7 heteroatoms. The van der Waals surface area contributed by atoms with Gasteiger partial charge in [-0.25, -0.2) is 4.39 Å². The fourth-order valence-electron chi connectivity index (χ4n) is 3.10. The average molecular weight is 400 g/mol. The van der Waals surface area contributed by atoms with Crippen LogP contribution in [0.5, 0.6) is 0 Å². The molecule has 27 heavy (non-hydrogen) atoms. The summed E-state index contributed by atoms with van der Waals surface area (Å²) in [4.78, 5) is 12.9. The van der Waals surface area contributed by atoms with Gasteiger partial charge in [-0.15, -0.1) is 10.2 Å². The molecule has 0 bridgehead atoms. The van der Waals surface area contributed by atoms with E-state index in [1.54, 1.807) is 12.1 Å². The highest BCUT2D eigenvalue weighted by molar-refractivity contribution is 8.02. The number of nitrogens with zero attached hydrogens (tertiary/aromatic N) is 2. The smallest absolute Gasteiger partial charge is 0.206 e. The van der Waals surface area contributed by atoms with E-state index in [2.05, 4.69) is 15.5 Å². The summed E-state index contributed by atoms with van der Waals surface area (Å²) >= 11 is 2.94. The van der Waals surface area contributed by atoms with E-state index >= 15 is 0 Å². The zero-order valence-corrected chi connectivity index (χ0v) is 16.2. The van der Waals surface area contributed by atoms with E-state index in [1.807, 2.05) is 24.3 Å². The molecule has 4 rings (SSSR count). The van der Waals surface area contributed by atoms with E-state index in [-0.39, 0.29) is 16.9 Å². The van der Waals surface area contributed by atoms with Gasteiger partial charge >= 0.3 is 0 Å². The van der Waals surface area contributed by atoms with Crippen LogP contribution in [0.2, 0.25) is 0 Å². The molecule has 1 N–H and O–H groups in total. The van der Waals surface area contributed by atoms with Crippen molar-refractivity contribution in [3.63, 3.8) is 0 Å². The first kappa shape index (κ1) is 18.1. The number of Topliss-reactive ketones (excluding diaryl/α,β-unsaturated/α-hetero) is 1. The predicted molar refractivity (Wildman–Crippen MR) is 107 cm³/mol. The van der Waals surface area contributed by atoms with E-state index in [0.717, 1.165) is 40.3 Å². The van der Waals surface area contributed by atoms with Gasteiger partial charge in [-0.2, -0.15) is 0 Å². The van der Waals surface area contributed by atoms with Crippen molar-refractivity contribution >= 4 is 34.0 Å². The van der Waals surface area contributed by atoms with Crippen molar-refractivity contribution in [3.05, 3.63) is 71.0 Å². The Bertz CT molecular complexity index is 942. The Kier molecular flexibility index (Phi) is 5.50. The number of rotatable bonds is 5. The molecule has 138 valence electrons. The molecule has 0 spiro atoms. The number of aromatic nitrogens is 2. The van der Waals surface area contributed by atoms with Gasteiger partial charge in [-0.1, -0.05) is 59.5 Å². The van der Waals surface area contributed by atoms with Gasteiger partial charge in [-0.05, 0) is 42.5 Å². The number of carbonyl (C=O) groups excluding carboxylic acids is 1. The number of benzene rings is 2. The van der Waals surface area contributed by atoms with Gasteiger partial charge in [0.15, 0.2) is 10.1 Å². The zero-order chi connectivity index (χ0) is 18.6. The highest BCUT2D eigenvalue weighted by Gasteiger charge is 2.27. The van der Waals surface area contributed by atoms with Crippen molar-refractivity contribution in [2.45, 2.75) is 35.4 Å². The van der Waals surface area contributed by atoms with Crippen LogP contribution in [0.3, 0.4) is 0 Å². The van der Waals surface area contributed by atoms with E-state index in [9.17, 15) is 9.18 Å². The molecule has 0 aliphatic heterocycles. The lowest BCUT2D eigenvalue weighted by molar-refractivity contribution is 0.0988. The van der Waals surface area contributed by atoms with Crippen molar-refractivity contribution < 1.29 is 9.18 Å². The summed E-state index contributed by atoms with van der Waals surface area (Å²) in [6.07, 6.45) is 2.78. The average Bonchev–Trinajstić information content (AvgIpc) is 3.07. The van der Waals surface area contributed by atoms with Crippen LogP contribution in [-0.2, 0) is 13.0 Å². The summed E-state index contributed by atoms with van der Waals surface area (Å²) in [5.41, 5.74) is 2.95. The topological polar surface area (TPSA) is 54.9 Å². The van der Waals surface area contributed by atoms with Gasteiger partial charge in [0, 0.05) is 12.1 Å². The van der Waals surface area contributed by atoms with E-state index in [1.165, 1.54) is 35.2 Å². The third-order valence-electron chi connectivity index (χ3n) is 4.49. The highest BCUT2D eigenvalue weighted by atomic mass is 32.2. The summed E-state index contributed by atoms with van der Waals surface area (Å²) in [6, 6.07) is 14.2. The number of hydrogen-bond donors (Lipinski definition) is 1. The van der Waals surface area contributed by atoms with Gasteiger partial charge < -0.3 is 5.32 Å². The van der Waals surface area contributed by atoms with Crippen LogP contribution in [0, 0.1) is 5.82 Å². The molecule has 0 saturated carbocycles. The number of anilines is 1. The molecule has 1 unspecified atom stereocenters. The molecule has 0 fully saturated rings. The van der Waals surface area contributed by atoms with E-state index in [4.69, 9.17) is 0 Å². The zero-order valence-electron chi connectivity index (χ0n) is 14.5. The summed E-state index contributed by atoms with van der Waals surface area (Å²) in [5, 5.41) is 12.2. The summed E-state index contributed by atoms with van der Waals surface area (Å²) in [5.74, 6) is -0.0629. The van der Waals surface area contributed by atoms with Gasteiger partial charge in [0.1, 0.15) is 5.82 Å². The third-order valence-corrected chi connectivity index (χ3v) is 6.73. The van der Waals surface area contributed by atoms with Crippen molar-refractivity contribution in [3.8, 4) is 0 Å². The maximum atomic E-state index is 13.0. The molecule has 0 saturated heterocycles. The quantitative estimate of drug-likeness (QED) is 0.614. The van der Waals surface area contributed by atoms with Gasteiger partial charge in [-0.3, -0.25) is 4.79 Å². The standard InChI is InChI=1S/C20H18FN3OS2/c21-15-10-8-13(9-11-15)12-22-19-23-24-20(27-19)26-17-7-3-5-14-4-1-2-6-16(14)18(17)25/h1-2,4,6,8-11,17H,3,5,7,12H2,(H,22,23). The number of fused-ring (bicyclic) bond motifs is 1. The molecule has 1 aliphatic carbocycles. The highest BCUT2D eigenvalue weighted by Crippen LogP contribution is 2.35. The second kappa shape index (κ2) is 8.19. The predicted octanol–water partition coefficient (Wildman–Crippen LogP) is 4.97. The van der Waals surface area contributed by atoms with Crippen LogP contribution < -0.4 is 5.32 Å². The number of hydrogen-bond acceptors (Lipinski definition) is 6. The summed E-state index contributed by atoms with van der Waals surface area (Å²) in [6.45, 7) is 0.551. The fourth-order valence-corrected chi connectivity index (χ4v) is 5.20. The lowest BCUT2D eigenvalue weighted by Gasteiger charge is -2.10. The lowest BCUT2D eigenvalue weighted by atomic mass is 10.0. The Morgan fingerprint density at radius 3 is 2.81 bits per heavy atom. The van der Waals surface area contributed by atoms with Crippen LogP contribution in [0.25, 0.3) is 0 Å². The Hall–Kier alpha value is -2.25. The maximum absolute atomic E-state index is 13.0. The number of nitrogens with one attached hydrogen (secondary N) is 1. The normalized spacial score (nSPS) is 16.6. The molecule has 3 aromatic rings. The number of thioether (sulfide) groups is 1. The Morgan fingerprint density at radius 1 is 1.15 bits per heavy atom. The number of carbonyl (C=O) groups is 1. The van der Waals surface area contributed by atoms with Crippen molar-refractivity contribution in [1.82, 2.24) is 10.2 Å². The van der Waals surface area contributed by atoms with Crippen LogP contribution >= 0.6 is 23.1 Å². The van der Waals surface area contributed by atoms with E-state index in [0.29, 0.717) is 11.7 Å². The number of ketones is 1. The summed E-state index contributed by atoms with van der Waals surface area (Å²) < 4.78 is 13.7. The van der Waals surface area contributed by atoms with Crippen molar-refractivity contribution in [2.75, 3.05) is 5.32 Å². The first-order chi connectivity index (χ1) is 13.2. The van der Waals surface area contributed by atoms with Crippen LogP contribution in [0.4, 0.5) is 9.52 Å². The third kappa shape index (κ3) is 4.36. The molecular weight excluding hydrogens is 381 g/mol. The van der Waals surface area contributed by atoms with Crippen molar-refractivity contribution in [1.29, 1.82) is 0 Å². The molecule has 0 amide bonds. The molecule has 0 radical (unpaired) electrons. The molecule has 1 aliphatic rings. The first-order valence-corrected chi connectivity index (χ1v) is 10.5. The molecule has 1 heterocycles. The Balaban J connectivity index is 1.40. The summed E-state index contributed by atoms with van der Waals surface area (Å²) in [7, 11) is 0. The fraction of sp³-hybridized carbons (Fsp3) is 0.250. The molecule has 1 atom stereocenters. The lowest BCUT2D eigenvalue weighted by Crippen LogP contribution is -2.16. The minimum Gasteiger partial charge on any atom is -0.356 e. The molecule has 4 nitrogen and oxygen atoms in total. The molecular formula is C20H18FN3OS2. The van der Waals surface area contributed by atoms with Crippen LogP contribution in [0.15, 0.2) is 52.9 Å². The van der Waals surface area contributed by atoms with Crippen LogP contribution in [0.1, 0.15) is 34.3 Å². The molecule has 2 aromatic carbocycles. The maximum Gasteiger partial charge on any atom is 0.206 e. The minimum atomic E-state index is -0.247. The Labute approximate surface area is 165 Å². The van der Waals surface area contributed by atoms with Gasteiger partial charge in [0.2, 0.25) is 5.13 Å². The second-order valence-electron chi connectivity index (χ2n) is 6.37. The van der Waals surface area contributed by atoms with E-state index < -0.39 is 0 Å². The Morgan fingerprint density at radius 2 is 1.96 bits per heavy atom. The number of halogens is 1. The second-order valence-corrected chi connectivity index (χ2v) is 8.80. The minimum absolute atomic E-state index is 0.119. The largest absolute Gasteiger partial charge is 0.356 e. The van der Waals surface area contributed by atoms with Crippen LogP contribution in [-0.4, -0.2) is 21.2 Å². The SMILES string of the molecule is O=C1c2ccccc2CCCC1Sc1nnc(NCc2ccc(F)cc2)s1. The van der Waals surface area contributed by atoms with Gasteiger partial charge in [0.25, 0.3) is 0 Å². The van der Waals surface area contributed by atoms with Crippen molar-refractivity contribution in [2.24, 2.45) is 0 Å².